The summed E-state index contributed by atoms with van der Waals surface area (Å²) >= 11 is 0. The molecule has 0 radical (unpaired) electrons. The van der Waals surface area contributed by atoms with Crippen molar-refractivity contribution in [1.82, 2.24) is 0 Å². The second kappa shape index (κ2) is 7.93. The van der Waals surface area contributed by atoms with Crippen LogP contribution in [0.3, 0.4) is 0 Å². The molecule has 0 unspecified atom stereocenters. The minimum Gasteiger partial charge on any atom is -0.377 e. The minimum atomic E-state index is -1.43. The number of ether oxygens (including phenoxy) is 1. The molecule has 0 fully saturated rings. The molecule has 0 amide bonds. The summed E-state index contributed by atoms with van der Waals surface area (Å²) in [6.45, 7) is 7.62. The van der Waals surface area contributed by atoms with E-state index < -0.39 is 8.07 Å². The Labute approximate surface area is 117 Å². The summed E-state index contributed by atoms with van der Waals surface area (Å²) in [6, 6.07) is 10.0. The lowest BCUT2D eigenvalue weighted by molar-refractivity contribution is -0.114. The Morgan fingerprint density at radius 3 is 2.53 bits per heavy atom. The van der Waals surface area contributed by atoms with Crippen LogP contribution in [0.25, 0.3) is 0 Å². The quantitative estimate of drug-likeness (QED) is 0.451. The smallest absolute Gasteiger partial charge is 0.204 e. The summed E-state index contributed by atoms with van der Waals surface area (Å²) in [5.41, 5.74) is 4.25. The van der Waals surface area contributed by atoms with E-state index in [9.17, 15) is 4.79 Å². The summed E-state index contributed by atoms with van der Waals surface area (Å²) in [7, 11) is -1.43. The number of rotatable bonds is 6. The first-order valence-electron chi connectivity index (χ1n) is 6.65. The first kappa shape index (κ1) is 15.7. The normalized spacial score (nSPS) is 10.7. The fraction of sp³-hybridized carbons (Fsp3) is 0.438. The van der Waals surface area contributed by atoms with Crippen molar-refractivity contribution >= 4 is 13.9 Å². The zero-order valence-corrected chi connectivity index (χ0v) is 13.0. The van der Waals surface area contributed by atoms with Gasteiger partial charge in [0.25, 0.3) is 0 Å². The van der Waals surface area contributed by atoms with Crippen LogP contribution in [0.2, 0.25) is 19.6 Å². The van der Waals surface area contributed by atoms with E-state index in [4.69, 9.17) is 4.74 Å². The van der Waals surface area contributed by atoms with Crippen molar-refractivity contribution in [3.05, 3.63) is 35.9 Å². The molecular weight excluding hydrogens is 252 g/mol. The van der Waals surface area contributed by atoms with Crippen LogP contribution in [-0.2, 0) is 16.1 Å². The van der Waals surface area contributed by atoms with Gasteiger partial charge in [0.15, 0.2) is 0 Å². The molecule has 19 heavy (non-hydrogen) atoms. The molecule has 0 spiro atoms. The highest BCUT2D eigenvalue weighted by Crippen LogP contribution is 2.02. The van der Waals surface area contributed by atoms with Gasteiger partial charge in [-0.2, -0.15) is 0 Å². The average Bonchev–Trinajstić information content (AvgIpc) is 2.36. The van der Waals surface area contributed by atoms with Crippen molar-refractivity contribution in [3.8, 4) is 11.5 Å². The molecule has 3 heteroatoms. The lowest BCUT2D eigenvalue weighted by atomic mass is 10.2. The van der Waals surface area contributed by atoms with Crippen LogP contribution in [0.1, 0.15) is 18.4 Å². The number of Topliss-reactive ketones (excluding diaryl/α,β-unsaturated/α-hetero) is 1. The molecule has 0 aromatic heterocycles. The number of hydrogen-bond donors (Lipinski definition) is 0. The highest BCUT2D eigenvalue weighted by atomic mass is 28.3. The molecule has 0 aliphatic rings. The Hall–Kier alpha value is -1.37. The molecular formula is C16H22O2Si. The molecule has 102 valence electrons. The summed E-state index contributed by atoms with van der Waals surface area (Å²) in [6.07, 6.45) is 1.23. The van der Waals surface area contributed by atoms with Gasteiger partial charge in [0, 0.05) is 13.0 Å². The Bertz CT molecular complexity index is 449. The van der Waals surface area contributed by atoms with E-state index >= 15 is 0 Å². The molecule has 0 saturated carbocycles. The van der Waals surface area contributed by atoms with Gasteiger partial charge < -0.3 is 4.74 Å². The van der Waals surface area contributed by atoms with Gasteiger partial charge in [0.05, 0.1) is 6.61 Å². The Balaban J connectivity index is 2.14. The Kier molecular flexibility index (Phi) is 6.55. The summed E-state index contributed by atoms with van der Waals surface area (Å²) in [5, 5.41) is 0. The topological polar surface area (TPSA) is 26.3 Å². The Morgan fingerprint density at radius 1 is 1.21 bits per heavy atom. The van der Waals surface area contributed by atoms with E-state index in [2.05, 4.69) is 31.1 Å². The van der Waals surface area contributed by atoms with Crippen LogP contribution in [0.15, 0.2) is 30.3 Å². The summed E-state index contributed by atoms with van der Waals surface area (Å²) < 4.78 is 5.52. The molecule has 1 aromatic carbocycles. The maximum Gasteiger partial charge on any atom is 0.204 e. The van der Waals surface area contributed by atoms with E-state index in [0.29, 0.717) is 19.6 Å². The monoisotopic (exact) mass is 274 g/mol. The van der Waals surface area contributed by atoms with Crippen LogP contribution in [0.5, 0.6) is 0 Å². The van der Waals surface area contributed by atoms with Gasteiger partial charge in [0.1, 0.15) is 8.07 Å². The highest BCUT2D eigenvalue weighted by molar-refractivity contribution is 6.84. The van der Waals surface area contributed by atoms with E-state index in [-0.39, 0.29) is 5.78 Å². The van der Waals surface area contributed by atoms with Crippen LogP contribution in [-0.4, -0.2) is 20.5 Å². The summed E-state index contributed by atoms with van der Waals surface area (Å²) in [5.74, 6) is 2.78. The number of carbonyl (C=O) groups is 1. The molecule has 1 aromatic rings. The van der Waals surface area contributed by atoms with Gasteiger partial charge in [0.2, 0.25) is 5.78 Å². The third-order valence-electron chi connectivity index (χ3n) is 2.38. The lowest BCUT2D eigenvalue weighted by Gasteiger charge is -2.04. The lowest BCUT2D eigenvalue weighted by Crippen LogP contribution is -2.17. The molecule has 0 saturated heterocycles. The van der Waals surface area contributed by atoms with Crippen molar-refractivity contribution in [2.75, 3.05) is 6.61 Å². The molecule has 0 aliphatic heterocycles. The molecule has 0 aliphatic carbocycles. The third-order valence-corrected chi connectivity index (χ3v) is 3.26. The standard InChI is InChI=1S/C16H22O2Si/c1-19(2,3)13-11-16(17)10-7-12-18-14-15-8-5-4-6-9-15/h4-6,8-9H,7,10,12,14H2,1-3H3. The predicted molar refractivity (Wildman–Crippen MR) is 81.5 cm³/mol. The van der Waals surface area contributed by atoms with Crippen LogP contribution >= 0.6 is 0 Å². The average molecular weight is 274 g/mol. The molecule has 0 atom stereocenters. The van der Waals surface area contributed by atoms with E-state index in [1.165, 1.54) is 0 Å². The van der Waals surface area contributed by atoms with E-state index in [0.717, 1.165) is 12.0 Å². The van der Waals surface area contributed by atoms with Crippen molar-refractivity contribution in [2.45, 2.75) is 39.1 Å². The van der Waals surface area contributed by atoms with Gasteiger partial charge in [-0.3, -0.25) is 4.79 Å². The predicted octanol–water partition coefficient (Wildman–Crippen LogP) is 3.43. The largest absolute Gasteiger partial charge is 0.377 e. The van der Waals surface area contributed by atoms with Gasteiger partial charge >= 0.3 is 0 Å². The van der Waals surface area contributed by atoms with E-state index in [1.54, 1.807) is 0 Å². The van der Waals surface area contributed by atoms with Crippen molar-refractivity contribution < 1.29 is 9.53 Å². The molecule has 1 rings (SSSR count). The van der Waals surface area contributed by atoms with E-state index in [1.807, 2.05) is 30.3 Å². The SMILES string of the molecule is C[Si](C)(C)C#CC(=O)CCCOCc1ccccc1. The first-order valence-corrected chi connectivity index (χ1v) is 10.1. The number of carbonyl (C=O) groups excluding carboxylic acids is 1. The zero-order chi connectivity index (χ0) is 14.1. The Morgan fingerprint density at radius 2 is 1.89 bits per heavy atom. The van der Waals surface area contributed by atoms with Crippen LogP contribution in [0, 0.1) is 11.5 Å². The molecule has 0 bridgehead atoms. The highest BCUT2D eigenvalue weighted by Gasteiger charge is 2.08. The number of benzene rings is 1. The second-order valence-electron chi connectivity index (χ2n) is 5.56. The van der Waals surface area contributed by atoms with Gasteiger partial charge in [-0.25, -0.2) is 0 Å². The maximum absolute atomic E-state index is 11.5. The zero-order valence-electron chi connectivity index (χ0n) is 12.0. The van der Waals surface area contributed by atoms with Crippen molar-refractivity contribution in [3.63, 3.8) is 0 Å². The maximum atomic E-state index is 11.5. The van der Waals surface area contributed by atoms with Gasteiger partial charge in [-0.1, -0.05) is 50.0 Å². The third kappa shape index (κ3) is 8.36. The van der Waals surface area contributed by atoms with Gasteiger partial charge in [-0.05, 0) is 17.9 Å². The fourth-order valence-corrected chi connectivity index (χ4v) is 1.93. The van der Waals surface area contributed by atoms with Crippen molar-refractivity contribution in [2.24, 2.45) is 0 Å². The van der Waals surface area contributed by atoms with Crippen LogP contribution < -0.4 is 0 Å². The molecule has 0 heterocycles. The minimum absolute atomic E-state index is 0.0331. The summed E-state index contributed by atoms with van der Waals surface area (Å²) in [4.78, 5) is 11.5. The molecule has 2 nitrogen and oxygen atoms in total. The van der Waals surface area contributed by atoms with Gasteiger partial charge in [-0.15, -0.1) is 5.54 Å². The van der Waals surface area contributed by atoms with Crippen molar-refractivity contribution in [1.29, 1.82) is 0 Å². The fourth-order valence-electron chi connectivity index (χ4n) is 1.42. The second-order valence-corrected chi connectivity index (χ2v) is 10.3. The first-order chi connectivity index (χ1) is 8.97. The number of ketones is 1. The molecule has 0 N–H and O–H groups in total. The number of hydrogen-bond acceptors (Lipinski definition) is 2. The van der Waals surface area contributed by atoms with Crippen LogP contribution in [0.4, 0.5) is 0 Å².